The molecule has 0 amide bonds. The summed E-state index contributed by atoms with van der Waals surface area (Å²) >= 11 is 0. The van der Waals surface area contributed by atoms with Gasteiger partial charge in [-0.3, -0.25) is 37.3 Å². The van der Waals surface area contributed by atoms with E-state index in [9.17, 15) is 43.2 Å². The van der Waals surface area contributed by atoms with E-state index < -0.39 is 97.5 Å². The molecular formula is C85H166O17P2. The van der Waals surface area contributed by atoms with Crippen LogP contribution in [0.2, 0.25) is 0 Å². The summed E-state index contributed by atoms with van der Waals surface area (Å²) in [6.45, 7) is 12.1. The fourth-order valence-corrected chi connectivity index (χ4v) is 14.7. The summed E-state index contributed by atoms with van der Waals surface area (Å²) in [7, 11) is -9.93. The zero-order valence-corrected chi connectivity index (χ0v) is 70.3. The molecule has 0 bridgehead atoms. The van der Waals surface area contributed by atoms with E-state index in [1.807, 2.05) is 0 Å². The topological polar surface area (TPSA) is 237 Å². The van der Waals surface area contributed by atoms with Gasteiger partial charge in [0.1, 0.15) is 19.3 Å². The Morgan fingerprint density at radius 2 is 0.490 bits per heavy atom. The Labute approximate surface area is 638 Å². The van der Waals surface area contributed by atoms with Gasteiger partial charge in [0.15, 0.2) is 12.2 Å². The van der Waals surface area contributed by atoms with Crippen LogP contribution < -0.4 is 0 Å². The van der Waals surface area contributed by atoms with E-state index >= 15 is 0 Å². The van der Waals surface area contributed by atoms with Crippen molar-refractivity contribution in [3.63, 3.8) is 0 Å². The van der Waals surface area contributed by atoms with Crippen LogP contribution in [0.1, 0.15) is 447 Å². The molecule has 618 valence electrons. The van der Waals surface area contributed by atoms with Crippen LogP contribution in [0.4, 0.5) is 0 Å². The van der Waals surface area contributed by atoms with E-state index in [2.05, 4.69) is 48.5 Å². The summed E-state index contributed by atoms with van der Waals surface area (Å²) in [6.07, 6.45) is 65.1. The first-order valence-corrected chi connectivity index (χ1v) is 46.9. The first kappa shape index (κ1) is 102. The summed E-state index contributed by atoms with van der Waals surface area (Å²) in [5.74, 6) is 0.399. The third-order valence-electron chi connectivity index (χ3n) is 20.6. The van der Waals surface area contributed by atoms with Crippen molar-refractivity contribution in [1.82, 2.24) is 0 Å². The standard InChI is InChI=1S/C85H166O17P2/c1-8-11-12-13-14-35-45-52-59-66-82(87)95-72-80(101-84(89)69-62-55-48-41-34-28-22-20-25-31-38-44-51-58-65-78(7)10-3)74-99-103(91,92)97-70-79(86)71-98-104(93,94)100-75-81(73-96-83(88)67-60-53-46-39-32-26-21-19-24-30-37-43-50-57-64-77(6)9-2)102-85(90)68-61-54-47-40-33-27-18-16-15-17-23-29-36-42-49-56-63-76(4)5/h76-81,86H,8-75H2,1-7H3,(H,91,92)(H,93,94)/t77?,78?,79-,80+,81+/m0/s1. The van der Waals surface area contributed by atoms with Crippen LogP contribution in [-0.4, -0.2) is 96.7 Å². The lowest BCUT2D eigenvalue weighted by Crippen LogP contribution is -2.30. The largest absolute Gasteiger partial charge is 0.472 e. The molecule has 0 heterocycles. The third kappa shape index (κ3) is 75.5. The molecule has 0 aliphatic rings. The van der Waals surface area contributed by atoms with E-state index in [4.69, 9.17) is 37.0 Å². The van der Waals surface area contributed by atoms with Crippen molar-refractivity contribution in [2.24, 2.45) is 17.8 Å². The van der Waals surface area contributed by atoms with Crippen LogP contribution in [0.25, 0.3) is 0 Å². The lowest BCUT2D eigenvalue weighted by atomic mass is 9.99. The van der Waals surface area contributed by atoms with Gasteiger partial charge >= 0.3 is 39.5 Å². The maximum absolute atomic E-state index is 13.1. The van der Waals surface area contributed by atoms with Gasteiger partial charge in [-0.05, 0) is 43.4 Å². The molecule has 4 unspecified atom stereocenters. The van der Waals surface area contributed by atoms with E-state index in [0.29, 0.717) is 25.7 Å². The van der Waals surface area contributed by atoms with Crippen molar-refractivity contribution >= 4 is 39.5 Å². The number of carbonyl (C=O) groups excluding carboxylic acids is 4. The van der Waals surface area contributed by atoms with E-state index in [0.717, 1.165) is 108 Å². The van der Waals surface area contributed by atoms with Crippen molar-refractivity contribution < 1.29 is 80.2 Å². The number of unbranched alkanes of at least 4 members (excludes halogenated alkanes) is 49. The molecule has 19 heteroatoms. The third-order valence-corrected chi connectivity index (χ3v) is 22.5. The average Bonchev–Trinajstić information content (AvgIpc) is 0.904. The zero-order valence-electron chi connectivity index (χ0n) is 68.5. The van der Waals surface area contributed by atoms with Gasteiger partial charge in [0.2, 0.25) is 0 Å². The second-order valence-corrected chi connectivity index (χ2v) is 34.4. The van der Waals surface area contributed by atoms with Crippen LogP contribution in [0, 0.1) is 17.8 Å². The number of aliphatic hydroxyl groups excluding tert-OH is 1. The fraction of sp³-hybridized carbons (Fsp3) is 0.953. The van der Waals surface area contributed by atoms with Gasteiger partial charge in [-0.15, -0.1) is 0 Å². The molecule has 0 saturated carbocycles. The maximum Gasteiger partial charge on any atom is 0.472 e. The van der Waals surface area contributed by atoms with Crippen LogP contribution >= 0.6 is 15.6 Å². The molecule has 0 aromatic rings. The molecule has 7 atom stereocenters. The van der Waals surface area contributed by atoms with Crippen molar-refractivity contribution in [3.05, 3.63) is 0 Å². The number of hydrogen-bond donors (Lipinski definition) is 3. The fourth-order valence-electron chi connectivity index (χ4n) is 13.1. The number of rotatable bonds is 83. The highest BCUT2D eigenvalue weighted by Gasteiger charge is 2.30. The molecule has 0 rings (SSSR count). The highest BCUT2D eigenvalue weighted by molar-refractivity contribution is 7.47. The number of aliphatic hydroxyl groups is 1. The van der Waals surface area contributed by atoms with Crippen molar-refractivity contribution in [3.8, 4) is 0 Å². The number of phosphoric acid groups is 2. The first-order valence-electron chi connectivity index (χ1n) is 43.9. The quantitative estimate of drug-likeness (QED) is 0.0222. The molecule has 0 aliphatic carbocycles. The van der Waals surface area contributed by atoms with Crippen molar-refractivity contribution in [2.75, 3.05) is 39.6 Å². The van der Waals surface area contributed by atoms with Gasteiger partial charge in [-0.1, -0.05) is 395 Å². The summed E-state index contributed by atoms with van der Waals surface area (Å²) in [5.41, 5.74) is 0. The minimum atomic E-state index is -4.96. The Bertz CT molecular complexity index is 2010. The molecule has 104 heavy (non-hydrogen) atoms. The summed E-state index contributed by atoms with van der Waals surface area (Å²) in [4.78, 5) is 73.1. The lowest BCUT2D eigenvalue weighted by Gasteiger charge is -2.21. The SMILES string of the molecule is CCCCCCCCCCCC(=O)OC[C@H](COP(=O)(O)OC[C@H](O)COP(=O)(O)OC[C@@H](COC(=O)CCCCCCCCCCCCCCCCC(C)CC)OC(=O)CCCCCCCCCCCCCCCCCCC(C)C)OC(=O)CCCCCCCCCCCCCCCCC(C)CC. The minimum Gasteiger partial charge on any atom is -0.462 e. The Kier molecular flexibility index (Phi) is 73.7. The number of hydrogen-bond acceptors (Lipinski definition) is 15. The van der Waals surface area contributed by atoms with Crippen LogP contribution in [-0.2, 0) is 65.4 Å². The predicted molar refractivity (Wildman–Crippen MR) is 428 cm³/mol. The van der Waals surface area contributed by atoms with Crippen molar-refractivity contribution in [2.45, 2.75) is 465 Å². The van der Waals surface area contributed by atoms with E-state index in [-0.39, 0.29) is 25.7 Å². The van der Waals surface area contributed by atoms with Gasteiger partial charge in [0.25, 0.3) is 0 Å². The highest BCUT2D eigenvalue weighted by atomic mass is 31.2. The minimum absolute atomic E-state index is 0.108. The summed E-state index contributed by atoms with van der Waals surface area (Å²) in [5, 5.41) is 10.7. The van der Waals surface area contributed by atoms with Gasteiger partial charge in [0, 0.05) is 25.7 Å². The van der Waals surface area contributed by atoms with Gasteiger partial charge in [-0.2, -0.15) is 0 Å². The Morgan fingerprint density at radius 3 is 0.731 bits per heavy atom. The number of ether oxygens (including phenoxy) is 4. The van der Waals surface area contributed by atoms with Crippen LogP contribution in [0.15, 0.2) is 0 Å². The van der Waals surface area contributed by atoms with Crippen LogP contribution in [0.3, 0.4) is 0 Å². The normalized spacial score (nSPS) is 14.4. The molecule has 0 aliphatic heterocycles. The number of carbonyl (C=O) groups is 4. The Balaban J connectivity index is 5.22. The molecule has 17 nitrogen and oxygen atoms in total. The van der Waals surface area contributed by atoms with E-state index in [1.54, 1.807) is 0 Å². The van der Waals surface area contributed by atoms with Crippen LogP contribution in [0.5, 0.6) is 0 Å². The first-order chi connectivity index (χ1) is 50.3. The smallest absolute Gasteiger partial charge is 0.462 e. The number of esters is 4. The molecule has 0 fully saturated rings. The predicted octanol–water partition coefficient (Wildman–Crippen LogP) is 25.7. The molecular weight excluding hydrogens is 1350 g/mol. The van der Waals surface area contributed by atoms with Gasteiger partial charge in [-0.25, -0.2) is 9.13 Å². The molecule has 0 aromatic carbocycles. The Hall–Kier alpha value is -1.94. The summed E-state index contributed by atoms with van der Waals surface area (Å²) in [6, 6.07) is 0. The maximum atomic E-state index is 13.1. The summed E-state index contributed by atoms with van der Waals surface area (Å²) < 4.78 is 68.8. The monoisotopic (exact) mass is 1520 g/mol. The molecule has 0 spiro atoms. The van der Waals surface area contributed by atoms with Gasteiger partial charge < -0.3 is 33.8 Å². The van der Waals surface area contributed by atoms with Crippen molar-refractivity contribution in [1.29, 1.82) is 0 Å². The van der Waals surface area contributed by atoms with E-state index in [1.165, 1.54) is 257 Å². The Morgan fingerprint density at radius 1 is 0.279 bits per heavy atom. The number of phosphoric ester groups is 2. The highest BCUT2D eigenvalue weighted by Crippen LogP contribution is 2.45. The lowest BCUT2D eigenvalue weighted by molar-refractivity contribution is -0.161. The molecule has 3 N–H and O–H groups in total. The second kappa shape index (κ2) is 75.1. The average molecular weight is 1520 g/mol. The molecule has 0 radical (unpaired) electrons. The molecule has 0 saturated heterocycles. The van der Waals surface area contributed by atoms with Gasteiger partial charge in [0.05, 0.1) is 26.4 Å². The molecule has 0 aromatic heterocycles. The second-order valence-electron chi connectivity index (χ2n) is 31.5. The zero-order chi connectivity index (χ0) is 76.5.